The molecular weight excluding hydrogens is 518 g/mol. The summed E-state index contributed by atoms with van der Waals surface area (Å²) in [6.45, 7) is 2.64. The van der Waals surface area contributed by atoms with Gasteiger partial charge in [-0.05, 0) is 48.1 Å². The Labute approximate surface area is 240 Å². The first-order valence-corrected chi connectivity index (χ1v) is 13.8. The van der Waals surface area contributed by atoms with Gasteiger partial charge < -0.3 is 24.3 Å². The fourth-order valence-corrected chi connectivity index (χ4v) is 5.62. The molecule has 1 heterocycles. The van der Waals surface area contributed by atoms with Crippen molar-refractivity contribution in [3.63, 3.8) is 0 Å². The van der Waals surface area contributed by atoms with E-state index >= 15 is 0 Å². The van der Waals surface area contributed by atoms with Gasteiger partial charge in [0.25, 0.3) is 0 Å². The Morgan fingerprint density at radius 1 is 0.878 bits per heavy atom. The van der Waals surface area contributed by atoms with E-state index in [1.807, 2.05) is 73.7 Å². The number of ketones is 1. The Kier molecular flexibility index (Phi) is 8.85. The molecule has 0 radical (unpaired) electrons. The lowest BCUT2D eigenvalue weighted by molar-refractivity contribution is -0.140. The molecule has 2 atom stereocenters. The molecule has 1 aliphatic carbocycles. The summed E-state index contributed by atoms with van der Waals surface area (Å²) in [6, 6.07) is 25.6. The third-order valence-corrected chi connectivity index (χ3v) is 7.60. The summed E-state index contributed by atoms with van der Waals surface area (Å²) < 4.78 is 22.4. The monoisotopic (exact) mass is 553 g/mol. The van der Waals surface area contributed by atoms with Crippen LogP contribution < -0.4 is 14.8 Å². The fraction of sp³-hybridized carbons (Fsp3) is 0.294. The van der Waals surface area contributed by atoms with Crippen LogP contribution in [-0.2, 0) is 25.7 Å². The summed E-state index contributed by atoms with van der Waals surface area (Å²) in [5, 5.41) is 3.40. The van der Waals surface area contributed by atoms with Crippen molar-refractivity contribution in [2.24, 2.45) is 0 Å². The number of carbonyl (C=O) groups excluding carboxylic acids is 2. The number of nitrogens with one attached hydrogen (secondary N) is 1. The zero-order valence-corrected chi connectivity index (χ0v) is 23.6. The van der Waals surface area contributed by atoms with Crippen molar-refractivity contribution in [3.8, 4) is 11.5 Å². The molecule has 7 nitrogen and oxygen atoms in total. The lowest BCUT2D eigenvalue weighted by Gasteiger charge is -2.36. The third kappa shape index (κ3) is 6.20. The molecule has 0 aromatic heterocycles. The summed E-state index contributed by atoms with van der Waals surface area (Å²) in [4.78, 5) is 27.3. The maximum Gasteiger partial charge on any atom is 0.336 e. The summed E-state index contributed by atoms with van der Waals surface area (Å²) >= 11 is 0. The first-order chi connectivity index (χ1) is 20.0. The maximum atomic E-state index is 13.9. The molecule has 0 saturated heterocycles. The standard InChI is InChI=1S/C34H35NO6/c1-22-31(34(37)40-17-16-38-2)32(33-27(35-22)18-26(19-28(33)36)24-12-8-5-9-13-24)25-14-15-29(30(20-25)39-3)41-21-23-10-6-4-7-11-23/h4-15,20,26,32,35H,16-19,21H2,1-3H3/t26-,32+/m1/s1. The zero-order valence-electron chi connectivity index (χ0n) is 23.6. The van der Waals surface area contributed by atoms with E-state index in [1.54, 1.807) is 14.2 Å². The highest BCUT2D eigenvalue weighted by atomic mass is 16.6. The largest absolute Gasteiger partial charge is 0.493 e. The SMILES string of the molecule is COCCOC(=O)C1=C(C)NC2=C(C(=O)C[C@H](c3ccccc3)C2)[C@H]1c1ccc(OCc2ccccc2)c(OC)c1. The average molecular weight is 554 g/mol. The highest BCUT2D eigenvalue weighted by Gasteiger charge is 2.41. The predicted molar refractivity (Wildman–Crippen MR) is 156 cm³/mol. The minimum atomic E-state index is -0.609. The fourth-order valence-electron chi connectivity index (χ4n) is 5.62. The van der Waals surface area contributed by atoms with Gasteiger partial charge in [0, 0.05) is 36.4 Å². The molecule has 1 N–H and O–H groups in total. The molecule has 212 valence electrons. The number of carbonyl (C=O) groups is 2. The Hall–Kier alpha value is -4.36. The molecular formula is C34H35NO6. The van der Waals surface area contributed by atoms with Crippen molar-refractivity contribution in [1.29, 1.82) is 0 Å². The van der Waals surface area contributed by atoms with Crippen molar-refractivity contribution in [3.05, 3.63) is 118 Å². The number of esters is 1. The highest BCUT2D eigenvalue weighted by Crippen LogP contribution is 2.47. The van der Waals surface area contributed by atoms with E-state index in [0.717, 1.165) is 22.4 Å². The summed E-state index contributed by atoms with van der Waals surface area (Å²) in [5.41, 5.74) is 5.43. The number of rotatable bonds is 10. The van der Waals surface area contributed by atoms with E-state index in [9.17, 15) is 9.59 Å². The maximum absolute atomic E-state index is 13.9. The highest BCUT2D eigenvalue weighted by molar-refractivity contribution is 6.04. The van der Waals surface area contributed by atoms with Gasteiger partial charge in [-0.2, -0.15) is 0 Å². The normalized spacial score (nSPS) is 18.5. The first kappa shape index (κ1) is 28.2. The predicted octanol–water partition coefficient (Wildman–Crippen LogP) is 5.83. The second kappa shape index (κ2) is 12.9. The van der Waals surface area contributed by atoms with Crippen LogP contribution in [0.3, 0.4) is 0 Å². The number of allylic oxidation sites excluding steroid dienone is 3. The molecule has 0 saturated carbocycles. The van der Waals surface area contributed by atoms with Gasteiger partial charge in [0.2, 0.25) is 0 Å². The molecule has 3 aromatic carbocycles. The number of hydrogen-bond donors (Lipinski definition) is 1. The molecule has 7 heteroatoms. The van der Waals surface area contributed by atoms with Crippen molar-refractivity contribution in [1.82, 2.24) is 5.32 Å². The number of dihydropyridines is 1. The van der Waals surface area contributed by atoms with Gasteiger partial charge in [-0.25, -0.2) is 4.79 Å². The molecule has 0 bridgehead atoms. The van der Waals surface area contributed by atoms with Gasteiger partial charge in [0.1, 0.15) is 13.2 Å². The van der Waals surface area contributed by atoms with Crippen LogP contribution in [0.4, 0.5) is 0 Å². The van der Waals surface area contributed by atoms with Gasteiger partial charge in [0.05, 0.1) is 19.3 Å². The third-order valence-electron chi connectivity index (χ3n) is 7.60. The second-order valence-corrected chi connectivity index (χ2v) is 10.2. The Bertz CT molecular complexity index is 1460. The van der Waals surface area contributed by atoms with Crippen LogP contribution in [0.1, 0.15) is 48.3 Å². The van der Waals surface area contributed by atoms with Crippen molar-refractivity contribution < 1.29 is 28.5 Å². The van der Waals surface area contributed by atoms with E-state index in [1.165, 1.54) is 0 Å². The lowest BCUT2D eigenvalue weighted by Crippen LogP contribution is -2.36. The van der Waals surface area contributed by atoms with E-state index < -0.39 is 11.9 Å². The molecule has 0 fully saturated rings. The van der Waals surface area contributed by atoms with Gasteiger partial charge in [-0.15, -0.1) is 0 Å². The van der Waals surface area contributed by atoms with Crippen LogP contribution >= 0.6 is 0 Å². The number of Topliss-reactive ketones (excluding diaryl/α,β-unsaturated/α-hetero) is 1. The van der Waals surface area contributed by atoms with Crippen LogP contribution in [0.25, 0.3) is 0 Å². The van der Waals surface area contributed by atoms with Crippen LogP contribution in [0.2, 0.25) is 0 Å². The quantitative estimate of drug-likeness (QED) is 0.250. The molecule has 5 rings (SSSR count). The van der Waals surface area contributed by atoms with Gasteiger partial charge >= 0.3 is 5.97 Å². The van der Waals surface area contributed by atoms with Crippen LogP contribution in [-0.4, -0.2) is 39.2 Å². The van der Waals surface area contributed by atoms with E-state index in [-0.39, 0.29) is 24.9 Å². The average Bonchev–Trinajstić information content (AvgIpc) is 3.00. The number of methoxy groups -OCH3 is 2. The summed E-state index contributed by atoms with van der Waals surface area (Å²) in [5.74, 6) is 0.0756. The van der Waals surface area contributed by atoms with Gasteiger partial charge in [-0.3, -0.25) is 4.79 Å². The second-order valence-electron chi connectivity index (χ2n) is 10.2. The van der Waals surface area contributed by atoms with Crippen molar-refractivity contribution in [2.75, 3.05) is 27.4 Å². The van der Waals surface area contributed by atoms with Crippen LogP contribution in [0.5, 0.6) is 11.5 Å². The smallest absolute Gasteiger partial charge is 0.336 e. The molecule has 3 aromatic rings. The Morgan fingerprint density at radius 2 is 1.61 bits per heavy atom. The molecule has 0 unspecified atom stereocenters. The van der Waals surface area contributed by atoms with Crippen molar-refractivity contribution in [2.45, 2.75) is 38.2 Å². The topological polar surface area (TPSA) is 83.1 Å². The molecule has 41 heavy (non-hydrogen) atoms. The number of ether oxygens (including phenoxy) is 4. The molecule has 0 amide bonds. The van der Waals surface area contributed by atoms with Crippen molar-refractivity contribution >= 4 is 11.8 Å². The van der Waals surface area contributed by atoms with E-state index in [2.05, 4.69) is 17.4 Å². The zero-order chi connectivity index (χ0) is 28.8. The Morgan fingerprint density at radius 3 is 2.32 bits per heavy atom. The summed E-state index contributed by atoms with van der Waals surface area (Å²) in [7, 11) is 3.14. The van der Waals surface area contributed by atoms with Crippen LogP contribution in [0, 0.1) is 0 Å². The first-order valence-electron chi connectivity index (χ1n) is 13.8. The van der Waals surface area contributed by atoms with E-state index in [0.29, 0.717) is 47.8 Å². The van der Waals surface area contributed by atoms with E-state index in [4.69, 9.17) is 18.9 Å². The summed E-state index contributed by atoms with van der Waals surface area (Å²) in [6.07, 6.45) is 1.03. The minimum absolute atomic E-state index is 0.00988. The number of hydrogen-bond acceptors (Lipinski definition) is 7. The number of benzene rings is 3. The molecule has 1 aliphatic heterocycles. The Balaban J connectivity index is 1.52. The van der Waals surface area contributed by atoms with Gasteiger partial charge in [-0.1, -0.05) is 66.7 Å². The molecule has 0 spiro atoms. The lowest BCUT2D eigenvalue weighted by atomic mass is 9.71. The molecule has 2 aliphatic rings. The minimum Gasteiger partial charge on any atom is -0.493 e. The van der Waals surface area contributed by atoms with Gasteiger partial charge in [0.15, 0.2) is 17.3 Å². The van der Waals surface area contributed by atoms with Crippen LogP contribution in [0.15, 0.2) is 101 Å².